The van der Waals surface area contributed by atoms with Crippen LogP contribution in [0.1, 0.15) is 21.7 Å². The first-order valence-corrected chi connectivity index (χ1v) is 8.04. The molecule has 23 heavy (non-hydrogen) atoms. The van der Waals surface area contributed by atoms with Crippen LogP contribution in [-0.2, 0) is 0 Å². The van der Waals surface area contributed by atoms with E-state index in [1.54, 1.807) is 4.68 Å². The number of hydrogen-bond donors (Lipinski definition) is 1. The van der Waals surface area contributed by atoms with E-state index in [4.69, 9.17) is 0 Å². The Hall–Kier alpha value is -2.40. The van der Waals surface area contributed by atoms with Crippen LogP contribution in [0.4, 0.5) is 5.69 Å². The molecule has 2 aromatic carbocycles. The smallest absolute Gasteiger partial charge is 0.259 e. The van der Waals surface area contributed by atoms with Crippen molar-refractivity contribution < 1.29 is 4.79 Å². The van der Waals surface area contributed by atoms with Gasteiger partial charge in [-0.2, -0.15) is 5.10 Å². The number of amides is 1. The molecule has 5 heteroatoms. The summed E-state index contributed by atoms with van der Waals surface area (Å²) in [5.74, 6) is -0.149. The van der Waals surface area contributed by atoms with Crippen LogP contribution >= 0.6 is 15.9 Å². The van der Waals surface area contributed by atoms with Crippen molar-refractivity contribution in [2.45, 2.75) is 13.8 Å². The zero-order valence-electron chi connectivity index (χ0n) is 12.9. The van der Waals surface area contributed by atoms with Gasteiger partial charge in [-0.05, 0) is 50.2 Å². The van der Waals surface area contributed by atoms with Gasteiger partial charge < -0.3 is 5.32 Å². The number of nitrogens with one attached hydrogen (secondary N) is 1. The Kier molecular flexibility index (Phi) is 4.30. The number of nitrogens with zero attached hydrogens (tertiary/aromatic N) is 2. The monoisotopic (exact) mass is 369 g/mol. The average molecular weight is 370 g/mol. The molecule has 0 saturated carbocycles. The van der Waals surface area contributed by atoms with Crippen LogP contribution in [0.5, 0.6) is 0 Å². The molecule has 1 N–H and O–H groups in total. The summed E-state index contributed by atoms with van der Waals surface area (Å²) in [7, 11) is 0. The summed E-state index contributed by atoms with van der Waals surface area (Å²) in [6.45, 7) is 3.76. The normalized spacial score (nSPS) is 10.6. The fourth-order valence-electron chi connectivity index (χ4n) is 2.52. The molecule has 3 aromatic rings. The van der Waals surface area contributed by atoms with Crippen molar-refractivity contribution in [3.05, 3.63) is 76.0 Å². The van der Waals surface area contributed by atoms with E-state index < -0.39 is 0 Å². The number of halogens is 1. The van der Waals surface area contributed by atoms with Crippen LogP contribution in [0.3, 0.4) is 0 Å². The summed E-state index contributed by atoms with van der Waals surface area (Å²) in [6.07, 6.45) is 0. The fourth-order valence-corrected chi connectivity index (χ4v) is 2.78. The molecular formula is C18H16BrN3O. The maximum atomic E-state index is 12.6. The van der Waals surface area contributed by atoms with E-state index in [9.17, 15) is 4.79 Å². The minimum absolute atomic E-state index is 0.149. The highest BCUT2D eigenvalue weighted by Crippen LogP contribution is 2.20. The van der Waals surface area contributed by atoms with Gasteiger partial charge in [-0.3, -0.25) is 4.79 Å². The number of rotatable bonds is 3. The second kappa shape index (κ2) is 6.38. The maximum Gasteiger partial charge on any atom is 0.259 e. The largest absolute Gasteiger partial charge is 0.322 e. The summed E-state index contributed by atoms with van der Waals surface area (Å²) in [5.41, 5.74) is 3.83. The van der Waals surface area contributed by atoms with Crippen molar-refractivity contribution in [2.24, 2.45) is 0 Å². The lowest BCUT2D eigenvalue weighted by Gasteiger charge is -2.07. The molecule has 0 atom stereocenters. The van der Waals surface area contributed by atoms with E-state index in [2.05, 4.69) is 26.3 Å². The van der Waals surface area contributed by atoms with Crippen LogP contribution < -0.4 is 5.32 Å². The standard InChI is InChI=1S/C18H16BrN3O/c1-12-17(18(23)20-15-10-8-14(19)9-11-15)13(2)22(21-12)16-6-4-3-5-7-16/h3-11H,1-2H3,(H,20,23). The molecule has 0 spiro atoms. The first kappa shape index (κ1) is 15.5. The predicted octanol–water partition coefficient (Wildman–Crippen LogP) is 4.50. The molecule has 0 aliphatic carbocycles. The fraction of sp³-hybridized carbons (Fsp3) is 0.111. The van der Waals surface area contributed by atoms with Crippen molar-refractivity contribution in [1.29, 1.82) is 0 Å². The maximum absolute atomic E-state index is 12.6. The number of carbonyl (C=O) groups excluding carboxylic acids is 1. The van der Waals surface area contributed by atoms with E-state index in [0.717, 1.165) is 21.5 Å². The number of hydrogen-bond acceptors (Lipinski definition) is 2. The average Bonchev–Trinajstić information content (AvgIpc) is 2.85. The molecule has 0 saturated heterocycles. The lowest BCUT2D eigenvalue weighted by atomic mass is 10.1. The number of carbonyl (C=O) groups is 1. The lowest BCUT2D eigenvalue weighted by molar-refractivity contribution is 0.102. The van der Waals surface area contributed by atoms with Crippen molar-refractivity contribution >= 4 is 27.5 Å². The molecule has 1 heterocycles. The molecule has 1 amide bonds. The third kappa shape index (κ3) is 3.19. The summed E-state index contributed by atoms with van der Waals surface area (Å²) >= 11 is 3.38. The molecule has 0 aliphatic rings. The summed E-state index contributed by atoms with van der Waals surface area (Å²) in [4.78, 5) is 12.6. The van der Waals surface area contributed by atoms with Crippen molar-refractivity contribution in [2.75, 3.05) is 5.32 Å². The van der Waals surface area contributed by atoms with Gasteiger partial charge in [0.05, 0.1) is 22.6 Å². The van der Waals surface area contributed by atoms with Gasteiger partial charge in [0.25, 0.3) is 5.91 Å². The van der Waals surface area contributed by atoms with Crippen LogP contribution in [-0.4, -0.2) is 15.7 Å². The van der Waals surface area contributed by atoms with Crippen LogP contribution in [0, 0.1) is 13.8 Å². The quantitative estimate of drug-likeness (QED) is 0.738. The molecule has 4 nitrogen and oxygen atoms in total. The van der Waals surface area contributed by atoms with E-state index in [1.807, 2.05) is 68.4 Å². The number of para-hydroxylation sites is 1. The van der Waals surface area contributed by atoms with Crippen molar-refractivity contribution in [3.63, 3.8) is 0 Å². The second-order valence-corrected chi connectivity index (χ2v) is 6.17. The third-order valence-electron chi connectivity index (χ3n) is 3.62. The van der Waals surface area contributed by atoms with E-state index in [0.29, 0.717) is 11.3 Å². The van der Waals surface area contributed by atoms with Crippen LogP contribution in [0.15, 0.2) is 59.1 Å². The number of benzene rings is 2. The Morgan fingerprint density at radius 1 is 1.04 bits per heavy atom. The number of aromatic nitrogens is 2. The minimum atomic E-state index is -0.149. The predicted molar refractivity (Wildman–Crippen MR) is 95.1 cm³/mol. The van der Waals surface area contributed by atoms with Crippen LogP contribution in [0.2, 0.25) is 0 Å². The van der Waals surface area contributed by atoms with Gasteiger partial charge in [0.15, 0.2) is 0 Å². The molecule has 1 aromatic heterocycles. The van der Waals surface area contributed by atoms with E-state index in [-0.39, 0.29) is 5.91 Å². The highest BCUT2D eigenvalue weighted by Gasteiger charge is 2.19. The molecular weight excluding hydrogens is 354 g/mol. The highest BCUT2D eigenvalue weighted by atomic mass is 79.9. The third-order valence-corrected chi connectivity index (χ3v) is 4.15. The second-order valence-electron chi connectivity index (χ2n) is 5.25. The Bertz CT molecular complexity index is 839. The zero-order valence-corrected chi connectivity index (χ0v) is 14.5. The van der Waals surface area contributed by atoms with Gasteiger partial charge in [0.1, 0.15) is 0 Å². The number of aryl methyl sites for hydroxylation is 1. The molecule has 3 rings (SSSR count). The van der Waals surface area contributed by atoms with Gasteiger partial charge in [-0.25, -0.2) is 4.68 Å². The molecule has 0 fully saturated rings. The molecule has 0 unspecified atom stereocenters. The van der Waals surface area contributed by atoms with Gasteiger partial charge in [-0.15, -0.1) is 0 Å². The Balaban J connectivity index is 1.92. The molecule has 0 aliphatic heterocycles. The Morgan fingerprint density at radius 3 is 2.35 bits per heavy atom. The molecule has 0 bridgehead atoms. The SMILES string of the molecule is Cc1nn(-c2ccccc2)c(C)c1C(=O)Nc1ccc(Br)cc1. The van der Waals surface area contributed by atoms with Gasteiger partial charge in [0, 0.05) is 10.2 Å². The highest BCUT2D eigenvalue weighted by molar-refractivity contribution is 9.10. The Morgan fingerprint density at radius 2 is 1.70 bits per heavy atom. The van der Waals surface area contributed by atoms with Gasteiger partial charge in [0.2, 0.25) is 0 Å². The lowest BCUT2D eigenvalue weighted by Crippen LogP contribution is -2.14. The van der Waals surface area contributed by atoms with Crippen LogP contribution in [0.25, 0.3) is 5.69 Å². The topological polar surface area (TPSA) is 46.9 Å². The van der Waals surface area contributed by atoms with Gasteiger partial charge in [-0.1, -0.05) is 34.1 Å². The van der Waals surface area contributed by atoms with E-state index >= 15 is 0 Å². The number of anilines is 1. The van der Waals surface area contributed by atoms with Gasteiger partial charge >= 0.3 is 0 Å². The first-order chi connectivity index (χ1) is 11.1. The zero-order chi connectivity index (χ0) is 16.4. The van der Waals surface area contributed by atoms with Crippen molar-refractivity contribution in [3.8, 4) is 5.69 Å². The van der Waals surface area contributed by atoms with Crippen molar-refractivity contribution in [1.82, 2.24) is 9.78 Å². The first-order valence-electron chi connectivity index (χ1n) is 7.25. The van der Waals surface area contributed by atoms with E-state index in [1.165, 1.54) is 0 Å². The minimum Gasteiger partial charge on any atom is -0.322 e. The summed E-state index contributed by atoms with van der Waals surface area (Å²) in [5, 5.41) is 7.42. The summed E-state index contributed by atoms with van der Waals surface area (Å²) < 4.78 is 2.77. The Labute approximate surface area is 143 Å². The molecule has 0 radical (unpaired) electrons. The summed E-state index contributed by atoms with van der Waals surface area (Å²) in [6, 6.07) is 17.3. The molecule has 116 valence electrons.